The number of alkyl halides is 2. The molecule has 1 atom stereocenters. The topological polar surface area (TPSA) is 3.24 Å². The van der Waals surface area contributed by atoms with Crippen molar-refractivity contribution in [3.05, 3.63) is 28.8 Å². The first-order chi connectivity index (χ1) is 7.74. The summed E-state index contributed by atoms with van der Waals surface area (Å²) in [5.41, 5.74) is 6.38. The van der Waals surface area contributed by atoms with E-state index in [4.69, 9.17) is 0 Å². The van der Waals surface area contributed by atoms with Crippen molar-refractivity contribution in [3.8, 4) is 0 Å². The molecule has 88 valence electrons. The summed E-state index contributed by atoms with van der Waals surface area (Å²) in [5, 5.41) is 0. The Morgan fingerprint density at radius 1 is 1.31 bits per heavy atom. The van der Waals surface area contributed by atoms with Gasteiger partial charge in [0.2, 0.25) is 0 Å². The second-order valence-electron chi connectivity index (χ2n) is 5.24. The van der Waals surface area contributed by atoms with Crippen LogP contribution in [0.1, 0.15) is 30.0 Å². The Hall–Kier alpha value is -0.250. The molecule has 0 aliphatic carbocycles. The summed E-state index contributed by atoms with van der Waals surface area (Å²) in [6.45, 7) is 5.95. The molecule has 0 N–H and O–H groups in total. The van der Waals surface area contributed by atoms with Gasteiger partial charge in [0.15, 0.2) is 0 Å². The number of anilines is 1. The molecule has 0 bridgehead atoms. The fourth-order valence-electron chi connectivity index (χ4n) is 2.95. The molecule has 2 heterocycles. The number of benzene rings is 1. The van der Waals surface area contributed by atoms with E-state index >= 15 is 0 Å². The third-order valence-corrected chi connectivity index (χ3v) is 6.30. The Balaban J connectivity index is 2.12. The minimum atomic E-state index is 0.382. The van der Waals surface area contributed by atoms with Crippen molar-refractivity contribution in [2.75, 3.05) is 16.0 Å². The molecule has 16 heavy (non-hydrogen) atoms. The van der Waals surface area contributed by atoms with Gasteiger partial charge in [-0.3, -0.25) is 0 Å². The Bertz CT molecular complexity index is 413. The van der Waals surface area contributed by atoms with Crippen molar-refractivity contribution in [1.29, 1.82) is 0 Å². The van der Waals surface area contributed by atoms with Gasteiger partial charge in [-0.1, -0.05) is 0 Å². The van der Waals surface area contributed by atoms with Gasteiger partial charge in [0.05, 0.1) is 0 Å². The van der Waals surface area contributed by atoms with E-state index in [1.165, 1.54) is 33.9 Å². The second-order valence-corrected chi connectivity index (χ2v) is 7.76. The van der Waals surface area contributed by atoms with Crippen molar-refractivity contribution >= 4 is 5.69 Å². The molecule has 1 aromatic rings. The molecule has 2 heteroatoms. The molecule has 3 rings (SSSR count). The monoisotopic (exact) mass is 328 g/mol. The van der Waals surface area contributed by atoms with Gasteiger partial charge >= 0.3 is 109 Å². The summed E-state index contributed by atoms with van der Waals surface area (Å²) in [4.78, 5) is 2.69. The average molecular weight is 328 g/mol. The summed E-state index contributed by atoms with van der Waals surface area (Å²) in [5.74, 6) is 0.864. The predicted octanol–water partition coefficient (Wildman–Crippen LogP) is -0.0562. The van der Waals surface area contributed by atoms with Gasteiger partial charge in [-0.15, -0.1) is 0 Å². The molecule has 0 spiro atoms. The van der Waals surface area contributed by atoms with E-state index in [-0.39, 0.29) is 0 Å². The maximum atomic E-state index is 2.69. The van der Waals surface area contributed by atoms with Gasteiger partial charge in [-0.2, -0.15) is 0 Å². The summed E-state index contributed by atoms with van der Waals surface area (Å²) in [6.07, 6.45) is 2.66. The number of nitrogens with zero attached hydrogens (tertiary/aromatic N) is 1. The molecule has 1 unspecified atom stereocenters. The van der Waals surface area contributed by atoms with E-state index in [2.05, 4.69) is 30.9 Å². The molecular formula is C14H19IN-. The molecule has 1 aromatic carbocycles. The molecule has 2 aliphatic heterocycles. The van der Waals surface area contributed by atoms with Crippen molar-refractivity contribution in [2.45, 2.75) is 31.1 Å². The van der Waals surface area contributed by atoms with Crippen LogP contribution >= 0.6 is 0 Å². The first kappa shape index (κ1) is 10.9. The van der Waals surface area contributed by atoms with Crippen LogP contribution in [0.5, 0.6) is 0 Å². The zero-order valence-electron chi connectivity index (χ0n) is 10.1. The van der Waals surface area contributed by atoms with Gasteiger partial charge in [-0.25, -0.2) is 0 Å². The molecule has 0 saturated heterocycles. The van der Waals surface area contributed by atoms with Crippen LogP contribution in [0.25, 0.3) is 0 Å². The van der Waals surface area contributed by atoms with Crippen molar-refractivity contribution in [3.63, 3.8) is 0 Å². The molecule has 2 aliphatic rings. The van der Waals surface area contributed by atoms with Crippen LogP contribution < -0.4 is 26.1 Å². The zero-order chi connectivity index (χ0) is 11.1. The standard InChI is InChI=1S/C14H19IN/c1-10-3-4-12-5-11(2)6-13-7-15-9-16(8-10)14(12)13/h5-6,10H,3-4,7-9H2,1-2H3/q-1. The molecule has 1 nitrogen and oxygen atoms in total. The first-order valence-electron chi connectivity index (χ1n) is 6.15. The SMILES string of the molecule is Cc1cc2c3c(c1)C[I-]CN3CC(C)CC2. The van der Waals surface area contributed by atoms with E-state index in [0.29, 0.717) is 21.2 Å². The van der Waals surface area contributed by atoms with Crippen LogP contribution in [0, 0.1) is 12.8 Å². The Kier molecular flexibility index (Phi) is 2.86. The summed E-state index contributed by atoms with van der Waals surface area (Å²) in [6, 6.07) is 4.86. The van der Waals surface area contributed by atoms with Gasteiger partial charge in [0, 0.05) is 0 Å². The maximum absolute atomic E-state index is 2.69. The quantitative estimate of drug-likeness (QED) is 0.367. The third-order valence-electron chi connectivity index (χ3n) is 3.63. The molecule has 0 saturated carbocycles. The van der Waals surface area contributed by atoms with Gasteiger partial charge < -0.3 is 0 Å². The van der Waals surface area contributed by atoms with Gasteiger partial charge in [-0.05, 0) is 0 Å². The fourth-order valence-corrected chi connectivity index (χ4v) is 5.55. The first-order valence-corrected chi connectivity index (χ1v) is 9.20. The van der Waals surface area contributed by atoms with Gasteiger partial charge in [0.1, 0.15) is 0 Å². The summed E-state index contributed by atoms with van der Waals surface area (Å²) < 4.78 is 2.78. The molecule has 0 fully saturated rings. The number of aryl methyl sites for hydroxylation is 2. The number of hydrogen-bond acceptors (Lipinski definition) is 1. The van der Waals surface area contributed by atoms with Crippen LogP contribution in [0.2, 0.25) is 0 Å². The van der Waals surface area contributed by atoms with Crippen LogP contribution in [0.15, 0.2) is 12.1 Å². The van der Waals surface area contributed by atoms with E-state index in [1.54, 1.807) is 16.8 Å². The Morgan fingerprint density at radius 3 is 3.00 bits per heavy atom. The summed E-state index contributed by atoms with van der Waals surface area (Å²) >= 11 is 0.382. The van der Waals surface area contributed by atoms with E-state index in [0.717, 1.165) is 5.92 Å². The van der Waals surface area contributed by atoms with Gasteiger partial charge in [0.25, 0.3) is 0 Å². The minimum absolute atomic E-state index is 0.382. The number of hydrogen-bond donors (Lipinski definition) is 0. The Labute approximate surface area is 108 Å². The van der Waals surface area contributed by atoms with E-state index in [1.807, 2.05) is 0 Å². The van der Waals surface area contributed by atoms with Crippen LogP contribution in [0.3, 0.4) is 0 Å². The van der Waals surface area contributed by atoms with E-state index < -0.39 is 0 Å². The third kappa shape index (κ3) is 1.85. The molecule has 0 amide bonds. The second kappa shape index (κ2) is 4.21. The van der Waals surface area contributed by atoms with Crippen LogP contribution in [0.4, 0.5) is 5.69 Å². The van der Waals surface area contributed by atoms with Crippen molar-refractivity contribution in [1.82, 2.24) is 0 Å². The number of rotatable bonds is 0. The average Bonchev–Trinajstić information content (AvgIpc) is 2.40. The normalized spacial score (nSPS) is 24.4. The predicted molar refractivity (Wildman–Crippen MR) is 64.6 cm³/mol. The van der Waals surface area contributed by atoms with E-state index in [9.17, 15) is 0 Å². The molecule has 0 aromatic heterocycles. The fraction of sp³-hybridized carbons (Fsp3) is 0.571. The number of halogens is 1. The van der Waals surface area contributed by atoms with Crippen molar-refractivity contribution in [2.24, 2.45) is 5.92 Å². The van der Waals surface area contributed by atoms with Crippen molar-refractivity contribution < 1.29 is 21.2 Å². The van der Waals surface area contributed by atoms with Crippen LogP contribution in [-0.4, -0.2) is 11.1 Å². The molecular weight excluding hydrogens is 309 g/mol. The van der Waals surface area contributed by atoms with Crippen LogP contribution in [-0.2, 0) is 10.8 Å². The summed E-state index contributed by atoms with van der Waals surface area (Å²) in [7, 11) is 0. The molecule has 0 radical (unpaired) electrons. The zero-order valence-corrected chi connectivity index (χ0v) is 12.3. The Morgan fingerprint density at radius 2 is 2.12 bits per heavy atom.